The van der Waals surface area contributed by atoms with Crippen LogP contribution in [0.5, 0.6) is 0 Å². The first-order valence-corrected chi connectivity index (χ1v) is 5.75. The topological polar surface area (TPSA) is 46.4 Å². The van der Waals surface area contributed by atoms with Gasteiger partial charge in [-0.25, -0.2) is 0 Å². The number of alkyl halides is 3. The molecule has 0 fully saturated rings. The lowest BCUT2D eigenvalue weighted by atomic mass is 10.2. The van der Waals surface area contributed by atoms with Gasteiger partial charge in [-0.15, -0.1) is 0 Å². The van der Waals surface area contributed by atoms with Gasteiger partial charge in [0, 0.05) is 30.2 Å². The first kappa shape index (κ1) is 15.7. The maximum Gasteiger partial charge on any atom is 0.390 e. The summed E-state index contributed by atoms with van der Waals surface area (Å²) in [7, 11) is 1.50. The van der Waals surface area contributed by atoms with Crippen LogP contribution in [0, 0.1) is 10.1 Å². The lowest BCUT2D eigenvalue weighted by Crippen LogP contribution is -2.24. The molecule has 19 heavy (non-hydrogen) atoms. The molecule has 0 saturated carbocycles. The summed E-state index contributed by atoms with van der Waals surface area (Å²) in [4.78, 5) is 11.4. The molecule has 0 aliphatic rings. The zero-order valence-corrected chi connectivity index (χ0v) is 10.8. The summed E-state index contributed by atoms with van der Waals surface area (Å²) < 4.78 is 36.2. The Bertz CT molecular complexity index is 466. The van der Waals surface area contributed by atoms with Crippen molar-refractivity contribution in [3.05, 3.63) is 38.9 Å². The number of nitro groups is 1. The molecule has 1 aromatic rings. The number of hydrogen-bond donors (Lipinski definition) is 0. The van der Waals surface area contributed by atoms with Crippen molar-refractivity contribution in [1.82, 2.24) is 4.90 Å². The molecule has 1 aromatic carbocycles. The van der Waals surface area contributed by atoms with E-state index in [2.05, 4.69) is 0 Å². The largest absolute Gasteiger partial charge is 0.390 e. The van der Waals surface area contributed by atoms with Crippen molar-refractivity contribution in [3.63, 3.8) is 0 Å². The summed E-state index contributed by atoms with van der Waals surface area (Å²) in [5, 5.41) is 10.9. The second-order valence-corrected chi connectivity index (χ2v) is 4.54. The second-order valence-electron chi connectivity index (χ2n) is 4.14. The minimum Gasteiger partial charge on any atom is -0.302 e. The maximum absolute atomic E-state index is 12.1. The van der Waals surface area contributed by atoms with E-state index in [1.54, 1.807) is 0 Å². The van der Waals surface area contributed by atoms with Crippen molar-refractivity contribution < 1.29 is 18.1 Å². The summed E-state index contributed by atoms with van der Waals surface area (Å²) >= 11 is 5.86. The Balaban J connectivity index is 2.70. The number of halogens is 4. The van der Waals surface area contributed by atoms with E-state index in [0.717, 1.165) is 0 Å². The van der Waals surface area contributed by atoms with Crippen molar-refractivity contribution >= 4 is 17.3 Å². The highest BCUT2D eigenvalue weighted by Gasteiger charge is 2.27. The predicted octanol–water partition coefficient (Wildman–Crippen LogP) is 3.63. The third-order valence-corrected chi connectivity index (χ3v) is 2.83. The summed E-state index contributed by atoms with van der Waals surface area (Å²) in [6.07, 6.45) is -5.16. The number of nitro benzene ring substituents is 1. The number of non-ortho nitro benzene ring substituents is 1. The van der Waals surface area contributed by atoms with Gasteiger partial charge < -0.3 is 4.90 Å². The third-order valence-electron chi connectivity index (χ3n) is 2.46. The molecule has 0 amide bonds. The highest BCUT2D eigenvalue weighted by Crippen LogP contribution is 2.24. The first-order valence-electron chi connectivity index (χ1n) is 5.37. The quantitative estimate of drug-likeness (QED) is 0.615. The molecule has 0 aromatic heterocycles. The van der Waals surface area contributed by atoms with Crippen molar-refractivity contribution in [2.75, 3.05) is 13.6 Å². The van der Waals surface area contributed by atoms with E-state index in [1.807, 2.05) is 0 Å². The Morgan fingerprint density at radius 1 is 1.42 bits per heavy atom. The lowest BCUT2D eigenvalue weighted by Gasteiger charge is -2.18. The number of benzene rings is 1. The molecule has 0 aliphatic carbocycles. The third kappa shape index (κ3) is 5.44. The second kappa shape index (κ2) is 6.21. The molecule has 8 heteroatoms. The fourth-order valence-corrected chi connectivity index (χ4v) is 1.66. The number of rotatable bonds is 5. The average molecular weight is 297 g/mol. The van der Waals surface area contributed by atoms with Crippen LogP contribution in [0.3, 0.4) is 0 Å². The Hall–Kier alpha value is -1.34. The van der Waals surface area contributed by atoms with Crippen LogP contribution in [0.1, 0.15) is 12.0 Å². The minimum atomic E-state index is -4.22. The molecule has 0 saturated heterocycles. The van der Waals surface area contributed by atoms with Crippen LogP contribution in [0.25, 0.3) is 0 Å². The van der Waals surface area contributed by atoms with Gasteiger partial charge in [0.05, 0.1) is 11.3 Å². The average Bonchev–Trinajstić information content (AvgIpc) is 2.28. The molecule has 0 N–H and O–H groups in total. The van der Waals surface area contributed by atoms with Gasteiger partial charge in [-0.2, -0.15) is 13.2 Å². The fraction of sp³-hybridized carbons (Fsp3) is 0.455. The standard InChI is InChI=1S/C11H12ClF3N2O2/c1-16(5-4-11(13,14)15)7-8-6-9(17(18)19)2-3-10(8)12/h2-3,6H,4-5,7H2,1H3. The Kier molecular flexibility index (Phi) is 5.13. The van der Waals surface area contributed by atoms with Crippen molar-refractivity contribution in [2.24, 2.45) is 0 Å². The van der Waals surface area contributed by atoms with Gasteiger partial charge in [0.15, 0.2) is 0 Å². The van der Waals surface area contributed by atoms with Gasteiger partial charge in [-0.1, -0.05) is 11.6 Å². The molecular weight excluding hydrogens is 285 g/mol. The summed E-state index contributed by atoms with van der Waals surface area (Å²) in [6.45, 7) is -0.0703. The molecule has 1 rings (SSSR count). The van der Waals surface area contributed by atoms with Gasteiger partial charge in [0.25, 0.3) is 5.69 Å². The van der Waals surface area contributed by atoms with E-state index in [9.17, 15) is 23.3 Å². The highest BCUT2D eigenvalue weighted by atomic mass is 35.5. The predicted molar refractivity (Wildman–Crippen MR) is 65.1 cm³/mol. The van der Waals surface area contributed by atoms with Crippen LogP contribution in [-0.4, -0.2) is 29.6 Å². The van der Waals surface area contributed by atoms with Crippen LogP contribution in [0.2, 0.25) is 5.02 Å². The molecule has 0 atom stereocenters. The molecule has 0 aliphatic heterocycles. The molecule has 4 nitrogen and oxygen atoms in total. The Morgan fingerprint density at radius 2 is 2.05 bits per heavy atom. The molecule has 0 radical (unpaired) electrons. The van der Waals surface area contributed by atoms with E-state index in [0.29, 0.717) is 10.6 Å². The minimum absolute atomic E-state index is 0.122. The fourth-order valence-electron chi connectivity index (χ4n) is 1.48. The number of nitrogens with zero attached hydrogens (tertiary/aromatic N) is 2. The van der Waals surface area contributed by atoms with Gasteiger partial charge >= 0.3 is 6.18 Å². The maximum atomic E-state index is 12.1. The van der Waals surface area contributed by atoms with Crippen molar-refractivity contribution in [2.45, 2.75) is 19.1 Å². The first-order chi connectivity index (χ1) is 8.69. The van der Waals surface area contributed by atoms with Crippen LogP contribution in [0.4, 0.5) is 18.9 Å². The summed E-state index contributed by atoms with van der Waals surface area (Å²) in [5.41, 5.74) is 0.296. The van der Waals surface area contributed by atoms with E-state index < -0.39 is 17.5 Å². The molecule has 106 valence electrons. The summed E-state index contributed by atoms with van der Waals surface area (Å²) in [6, 6.07) is 3.89. The van der Waals surface area contributed by atoms with E-state index in [1.165, 1.54) is 30.1 Å². The molecule has 0 bridgehead atoms. The Morgan fingerprint density at radius 3 is 2.58 bits per heavy atom. The van der Waals surface area contributed by atoms with Gasteiger partial charge in [0.2, 0.25) is 0 Å². The lowest BCUT2D eigenvalue weighted by molar-refractivity contribution is -0.384. The molecule has 0 unspecified atom stereocenters. The zero-order chi connectivity index (χ0) is 14.6. The monoisotopic (exact) mass is 296 g/mol. The van der Waals surface area contributed by atoms with Crippen LogP contribution in [-0.2, 0) is 6.54 Å². The zero-order valence-electron chi connectivity index (χ0n) is 10.1. The highest BCUT2D eigenvalue weighted by molar-refractivity contribution is 6.31. The van der Waals surface area contributed by atoms with Crippen molar-refractivity contribution in [3.8, 4) is 0 Å². The molecule has 0 spiro atoms. The normalized spacial score (nSPS) is 11.9. The van der Waals surface area contributed by atoms with Crippen LogP contribution < -0.4 is 0 Å². The SMILES string of the molecule is CN(CCC(F)(F)F)Cc1cc([N+](=O)[O-])ccc1Cl. The smallest absolute Gasteiger partial charge is 0.302 e. The molecular formula is C11H12ClF3N2O2. The molecule has 0 heterocycles. The van der Waals surface area contributed by atoms with E-state index in [4.69, 9.17) is 11.6 Å². The van der Waals surface area contributed by atoms with Crippen LogP contribution in [0.15, 0.2) is 18.2 Å². The number of hydrogen-bond acceptors (Lipinski definition) is 3. The Labute approximate surface area is 112 Å². The van der Waals surface area contributed by atoms with E-state index >= 15 is 0 Å². The van der Waals surface area contributed by atoms with Gasteiger partial charge in [-0.3, -0.25) is 10.1 Å². The van der Waals surface area contributed by atoms with Gasteiger partial charge in [0.1, 0.15) is 0 Å². The van der Waals surface area contributed by atoms with Gasteiger partial charge in [-0.05, 0) is 18.7 Å². The summed E-state index contributed by atoms with van der Waals surface area (Å²) in [5.74, 6) is 0. The van der Waals surface area contributed by atoms with E-state index in [-0.39, 0.29) is 18.8 Å². The van der Waals surface area contributed by atoms with Crippen LogP contribution >= 0.6 is 11.6 Å². The van der Waals surface area contributed by atoms with Crippen molar-refractivity contribution in [1.29, 1.82) is 0 Å².